The van der Waals surface area contributed by atoms with Gasteiger partial charge in [-0.2, -0.15) is 0 Å². The second-order valence-corrected chi connectivity index (χ2v) is 6.65. The van der Waals surface area contributed by atoms with Gasteiger partial charge in [-0.05, 0) is 49.1 Å². The first-order valence-corrected chi connectivity index (χ1v) is 8.76. The Labute approximate surface area is 145 Å². The summed E-state index contributed by atoms with van der Waals surface area (Å²) in [7, 11) is 0. The molecule has 1 aliphatic heterocycles. The molecule has 0 saturated carbocycles. The lowest BCUT2D eigenvalue weighted by Crippen LogP contribution is -2.36. The summed E-state index contributed by atoms with van der Waals surface area (Å²) in [5.41, 5.74) is 1.81. The zero-order valence-corrected chi connectivity index (χ0v) is 14.6. The van der Waals surface area contributed by atoms with Crippen LogP contribution in [0.4, 0.5) is 5.82 Å². The number of halogens is 1. The van der Waals surface area contributed by atoms with Crippen molar-refractivity contribution < 1.29 is 4.79 Å². The van der Waals surface area contributed by atoms with Crippen LogP contribution >= 0.6 is 15.9 Å². The normalized spacial score (nSPS) is 14.6. The summed E-state index contributed by atoms with van der Waals surface area (Å²) in [4.78, 5) is 19.0. The van der Waals surface area contributed by atoms with Crippen molar-refractivity contribution in [1.29, 1.82) is 0 Å². The average Bonchev–Trinajstić information content (AvgIpc) is 2.62. The first kappa shape index (κ1) is 16.0. The molecule has 0 unspecified atom stereocenters. The number of rotatable bonds is 4. The van der Waals surface area contributed by atoms with E-state index >= 15 is 0 Å². The summed E-state index contributed by atoms with van der Waals surface area (Å²) in [6.07, 6.45) is 5.11. The fourth-order valence-electron chi connectivity index (χ4n) is 2.77. The molecule has 1 N–H and O–H groups in total. The van der Waals surface area contributed by atoms with E-state index in [0.717, 1.165) is 36.0 Å². The van der Waals surface area contributed by atoms with Crippen LogP contribution in [-0.4, -0.2) is 28.9 Å². The van der Waals surface area contributed by atoms with Crippen molar-refractivity contribution in [1.82, 2.24) is 9.88 Å². The Bertz CT molecular complexity index is 666. The van der Waals surface area contributed by atoms with Gasteiger partial charge in [0, 0.05) is 30.3 Å². The fourth-order valence-corrected chi connectivity index (χ4v) is 3.04. The molecular weight excluding hydrogens is 354 g/mol. The van der Waals surface area contributed by atoms with Gasteiger partial charge in [0.25, 0.3) is 5.91 Å². The van der Waals surface area contributed by atoms with Gasteiger partial charge in [0.05, 0.1) is 5.56 Å². The first-order chi connectivity index (χ1) is 11.2. The number of amides is 1. The van der Waals surface area contributed by atoms with Gasteiger partial charge in [-0.25, -0.2) is 4.98 Å². The van der Waals surface area contributed by atoms with E-state index in [1.807, 2.05) is 41.3 Å². The van der Waals surface area contributed by atoms with Crippen LogP contribution in [0.1, 0.15) is 35.2 Å². The highest BCUT2D eigenvalue weighted by atomic mass is 79.9. The molecular formula is C18H20BrN3O. The summed E-state index contributed by atoms with van der Waals surface area (Å²) in [5.74, 6) is 0.738. The predicted molar refractivity (Wildman–Crippen MR) is 95.5 cm³/mol. The Morgan fingerprint density at radius 2 is 1.87 bits per heavy atom. The molecule has 23 heavy (non-hydrogen) atoms. The number of piperidine rings is 1. The Morgan fingerprint density at radius 3 is 2.61 bits per heavy atom. The van der Waals surface area contributed by atoms with Crippen LogP contribution in [0.25, 0.3) is 0 Å². The Balaban J connectivity index is 1.72. The third-order valence-electron chi connectivity index (χ3n) is 4.05. The van der Waals surface area contributed by atoms with E-state index < -0.39 is 0 Å². The number of benzene rings is 1. The third-order valence-corrected chi connectivity index (χ3v) is 4.58. The summed E-state index contributed by atoms with van der Waals surface area (Å²) in [6, 6.07) is 11.8. The van der Waals surface area contributed by atoms with E-state index in [9.17, 15) is 4.79 Å². The standard InChI is InChI=1S/C18H20BrN3O/c19-15-8-6-14(7-9-15)13-21-17-16(5-4-10-20-17)18(23)22-11-2-1-3-12-22/h4-10H,1-3,11-13H2,(H,20,21). The van der Waals surface area contributed by atoms with Crippen LogP contribution in [0.15, 0.2) is 47.1 Å². The SMILES string of the molecule is O=C(c1cccnc1NCc1ccc(Br)cc1)N1CCCCC1. The second-order valence-electron chi connectivity index (χ2n) is 5.73. The molecule has 0 atom stereocenters. The molecule has 120 valence electrons. The Hall–Kier alpha value is -1.88. The van der Waals surface area contributed by atoms with Crippen molar-refractivity contribution in [2.45, 2.75) is 25.8 Å². The lowest BCUT2D eigenvalue weighted by molar-refractivity contribution is 0.0725. The summed E-state index contributed by atoms with van der Waals surface area (Å²) < 4.78 is 1.06. The topological polar surface area (TPSA) is 45.2 Å². The van der Waals surface area contributed by atoms with E-state index in [4.69, 9.17) is 0 Å². The predicted octanol–water partition coefficient (Wildman–Crippen LogP) is 4.08. The average molecular weight is 374 g/mol. The van der Waals surface area contributed by atoms with Crippen LogP contribution in [0.2, 0.25) is 0 Å². The number of hydrogen-bond donors (Lipinski definition) is 1. The molecule has 3 rings (SSSR count). The van der Waals surface area contributed by atoms with Gasteiger partial charge < -0.3 is 10.2 Å². The molecule has 1 amide bonds. The van der Waals surface area contributed by atoms with Gasteiger partial charge in [-0.15, -0.1) is 0 Å². The third kappa shape index (κ3) is 4.10. The van der Waals surface area contributed by atoms with Gasteiger partial charge in [0.15, 0.2) is 0 Å². The molecule has 1 fully saturated rings. The van der Waals surface area contributed by atoms with Crippen LogP contribution in [0.5, 0.6) is 0 Å². The van der Waals surface area contributed by atoms with E-state index in [1.165, 1.54) is 6.42 Å². The van der Waals surface area contributed by atoms with E-state index in [1.54, 1.807) is 6.20 Å². The highest BCUT2D eigenvalue weighted by Crippen LogP contribution is 2.19. The van der Waals surface area contributed by atoms with Gasteiger partial charge in [0.2, 0.25) is 0 Å². The highest BCUT2D eigenvalue weighted by Gasteiger charge is 2.21. The number of nitrogens with zero attached hydrogens (tertiary/aromatic N) is 2. The van der Waals surface area contributed by atoms with Crippen molar-refractivity contribution in [3.63, 3.8) is 0 Å². The van der Waals surface area contributed by atoms with Crippen LogP contribution in [0, 0.1) is 0 Å². The monoisotopic (exact) mass is 373 g/mol. The number of carbonyl (C=O) groups excluding carboxylic acids is 1. The first-order valence-electron chi connectivity index (χ1n) is 7.96. The Kier molecular flexibility index (Phi) is 5.28. The molecule has 0 radical (unpaired) electrons. The van der Waals surface area contributed by atoms with Crippen molar-refractivity contribution in [2.24, 2.45) is 0 Å². The molecule has 1 saturated heterocycles. The maximum absolute atomic E-state index is 12.7. The molecule has 5 heteroatoms. The second kappa shape index (κ2) is 7.59. The van der Waals surface area contributed by atoms with Crippen molar-refractivity contribution >= 4 is 27.7 Å². The zero-order chi connectivity index (χ0) is 16.1. The molecule has 2 aromatic rings. The van der Waals surface area contributed by atoms with Crippen molar-refractivity contribution in [3.05, 3.63) is 58.2 Å². The summed E-state index contributed by atoms with van der Waals surface area (Å²) in [5, 5.41) is 3.30. The molecule has 0 spiro atoms. The maximum Gasteiger partial charge on any atom is 0.257 e. The minimum absolute atomic E-state index is 0.0797. The highest BCUT2D eigenvalue weighted by molar-refractivity contribution is 9.10. The van der Waals surface area contributed by atoms with Crippen molar-refractivity contribution in [2.75, 3.05) is 18.4 Å². The van der Waals surface area contributed by atoms with Crippen LogP contribution in [0.3, 0.4) is 0 Å². The van der Waals surface area contributed by atoms with Gasteiger partial charge in [0.1, 0.15) is 5.82 Å². The van der Waals surface area contributed by atoms with E-state index in [0.29, 0.717) is 17.9 Å². The maximum atomic E-state index is 12.7. The van der Waals surface area contributed by atoms with Crippen LogP contribution in [-0.2, 0) is 6.54 Å². The zero-order valence-electron chi connectivity index (χ0n) is 13.0. The van der Waals surface area contributed by atoms with Gasteiger partial charge in [-0.1, -0.05) is 28.1 Å². The minimum Gasteiger partial charge on any atom is -0.365 e. The van der Waals surface area contributed by atoms with Crippen molar-refractivity contribution in [3.8, 4) is 0 Å². The summed E-state index contributed by atoms with van der Waals surface area (Å²) >= 11 is 3.43. The van der Waals surface area contributed by atoms with Gasteiger partial charge >= 0.3 is 0 Å². The lowest BCUT2D eigenvalue weighted by atomic mass is 10.1. The minimum atomic E-state index is 0.0797. The van der Waals surface area contributed by atoms with E-state index in [-0.39, 0.29) is 5.91 Å². The fraction of sp³-hybridized carbons (Fsp3) is 0.333. The molecule has 1 aromatic heterocycles. The largest absolute Gasteiger partial charge is 0.365 e. The number of anilines is 1. The molecule has 0 aliphatic carbocycles. The Morgan fingerprint density at radius 1 is 1.13 bits per heavy atom. The number of nitrogens with one attached hydrogen (secondary N) is 1. The van der Waals surface area contributed by atoms with E-state index in [2.05, 4.69) is 26.2 Å². The molecule has 4 nitrogen and oxygen atoms in total. The molecule has 1 aliphatic rings. The molecule has 0 bridgehead atoms. The quantitative estimate of drug-likeness (QED) is 0.877. The number of carbonyl (C=O) groups is 1. The smallest absolute Gasteiger partial charge is 0.257 e. The number of hydrogen-bond acceptors (Lipinski definition) is 3. The molecule has 1 aromatic carbocycles. The van der Waals surface area contributed by atoms with Gasteiger partial charge in [-0.3, -0.25) is 4.79 Å². The molecule has 2 heterocycles. The number of aromatic nitrogens is 1. The number of likely N-dealkylation sites (tertiary alicyclic amines) is 1. The number of pyridine rings is 1. The van der Waals surface area contributed by atoms with Crippen LogP contribution < -0.4 is 5.32 Å². The lowest BCUT2D eigenvalue weighted by Gasteiger charge is -2.27. The summed E-state index contributed by atoms with van der Waals surface area (Å²) in [6.45, 7) is 2.34.